The zero-order chi connectivity index (χ0) is 16.1. The Labute approximate surface area is 148 Å². The number of nitrogens with one attached hydrogen (secondary N) is 2. The molecule has 2 heterocycles. The fourth-order valence-electron chi connectivity index (χ4n) is 2.36. The second kappa shape index (κ2) is 8.70. The van der Waals surface area contributed by atoms with Crippen LogP contribution in [-0.2, 0) is 0 Å². The minimum atomic E-state index is -0.183. The number of hydrogen-bond acceptors (Lipinski definition) is 4. The molecule has 1 fully saturated rings. The van der Waals surface area contributed by atoms with Gasteiger partial charge in [0.05, 0.1) is 18.5 Å². The van der Waals surface area contributed by atoms with Crippen LogP contribution in [0.4, 0.5) is 0 Å². The van der Waals surface area contributed by atoms with Crippen LogP contribution in [0.5, 0.6) is 5.75 Å². The third-order valence-corrected chi connectivity index (χ3v) is 3.80. The molecule has 0 atom stereocenters. The van der Waals surface area contributed by atoms with E-state index >= 15 is 0 Å². The van der Waals surface area contributed by atoms with Crippen LogP contribution >= 0.6 is 12.4 Å². The third kappa shape index (κ3) is 4.27. The Morgan fingerprint density at radius 2 is 2.12 bits per heavy atom. The van der Waals surface area contributed by atoms with Gasteiger partial charge in [-0.05, 0) is 18.6 Å². The molecule has 2 N–H and O–H groups in total. The van der Waals surface area contributed by atoms with Crippen LogP contribution in [0.3, 0.4) is 0 Å². The highest BCUT2D eigenvalue weighted by Gasteiger charge is 2.22. The monoisotopic (exact) mass is 350 g/mol. The molecule has 1 aliphatic heterocycles. The van der Waals surface area contributed by atoms with Gasteiger partial charge in [0.15, 0.2) is 11.4 Å². The van der Waals surface area contributed by atoms with Gasteiger partial charge in [-0.2, -0.15) is 5.10 Å². The highest BCUT2D eigenvalue weighted by Crippen LogP contribution is 2.20. The lowest BCUT2D eigenvalue weighted by Crippen LogP contribution is -2.48. The van der Waals surface area contributed by atoms with Gasteiger partial charge in [-0.25, -0.2) is 4.68 Å². The summed E-state index contributed by atoms with van der Waals surface area (Å²) in [5, 5.41) is 10.6. The van der Waals surface area contributed by atoms with Gasteiger partial charge in [0.2, 0.25) is 0 Å². The Morgan fingerprint density at radius 1 is 1.38 bits per heavy atom. The molecule has 2 aromatic rings. The van der Waals surface area contributed by atoms with E-state index in [9.17, 15) is 4.79 Å². The number of hydrogen-bond donors (Lipinski definition) is 2. The van der Waals surface area contributed by atoms with Crippen LogP contribution in [-0.4, -0.2) is 41.9 Å². The average molecular weight is 351 g/mol. The number of amides is 1. The molecule has 3 rings (SSSR count). The summed E-state index contributed by atoms with van der Waals surface area (Å²) in [6, 6.07) is 9.71. The van der Waals surface area contributed by atoms with Crippen molar-refractivity contribution in [2.45, 2.75) is 13.3 Å². The van der Waals surface area contributed by atoms with Crippen molar-refractivity contribution in [2.75, 3.05) is 26.2 Å². The average Bonchev–Trinajstić information content (AvgIpc) is 2.96. The second-order valence-corrected chi connectivity index (χ2v) is 5.70. The molecule has 0 radical (unpaired) electrons. The number of benzene rings is 1. The van der Waals surface area contributed by atoms with Crippen molar-refractivity contribution in [1.29, 1.82) is 0 Å². The number of carbonyl (C=O) groups is 1. The lowest BCUT2D eigenvalue weighted by atomic mass is 10.0. The summed E-state index contributed by atoms with van der Waals surface area (Å²) in [6.07, 6.45) is 2.65. The molecule has 130 valence electrons. The minimum Gasteiger partial charge on any atom is -0.489 e. The quantitative estimate of drug-likeness (QED) is 0.801. The van der Waals surface area contributed by atoms with Crippen LogP contribution in [0.25, 0.3) is 5.69 Å². The summed E-state index contributed by atoms with van der Waals surface area (Å²) < 4.78 is 7.39. The minimum absolute atomic E-state index is 0. The van der Waals surface area contributed by atoms with Crippen LogP contribution in [0.1, 0.15) is 23.8 Å². The first kappa shape index (κ1) is 18.3. The van der Waals surface area contributed by atoms with Crippen LogP contribution in [0, 0.1) is 5.92 Å². The van der Waals surface area contributed by atoms with Crippen molar-refractivity contribution in [3.05, 3.63) is 42.2 Å². The molecular weight excluding hydrogens is 328 g/mol. The normalized spacial score (nSPS) is 13.7. The van der Waals surface area contributed by atoms with Gasteiger partial charge in [-0.15, -0.1) is 12.4 Å². The molecule has 0 bridgehead atoms. The predicted octanol–water partition coefficient (Wildman–Crippen LogP) is 2.03. The molecule has 1 aliphatic rings. The largest absolute Gasteiger partial charge is 0.489 e. The maximum Gasteiger partial charge on any atom is 0.275 e. The molecule has 0 saturated carbocycles. The van der Waals surface area contributed by atoms with Crippen LogP contribution in [0.15, 0.2) is 36.5 Å². The number of rotatable bonds is 7. The van der Waals surface area contributed by atoms with E-state index in [0.717, 1.165) is 25.2 Å². The van der Waals surface area contributed by atoms with Gasteiger partial charge < -0.3 is 15.4 Å². The topological polar surface area (TPSA) is 68.2 Å². The Bertz CT molecular complexity index is 656. The smallest absolute Gasteiger partial charge is 0.275 e. The van der Waals surface area contributed by atoms with Crippen molar-refractivity contribution in [3.63, 3.8) is 0 Å². The van der Waals surface area contributed by atoms with E-state index in [1.165, 1.54) is 0 Å². The zero-order valence-corrected chi connectivity index (χ0v) is 14.5. The standard InChI is InChI=1S/C17H22N4O2.ClH/c1-2-8-23-15-12-21(14-6-4-3-5-7-14)20-16(15)17(22)19-11-13-9-18-10-13;/h3-7,12-13,18H,2,8-11H2,1H3,(H,19,22);1H. The molecule has 1 aromatic heterocycles. The van der Waals surface area contributed by atoms with E-state index in [0.29, 0.717) is 30.5 Å². The first-order valence-corrected chi connectivity index (χ1v) is 8.04. The first-order chi connectivity index (χ1) is 11.3. The molecule has 1 saturated heterocycles. The number of para-hydroxylation sites is 1. The molecule has 0 unspecified atom stereocenters. The second-order valence-electron chi connectivity index (χ2n) is 5.70. The van der Waals surface area contributed by atoms with Crippen LogP contribution < -0.4 is 15.4 Å². The number of nitrogens with zero attached hydrogens (tertiary/aromatic N) is 2. The van der Waals surface area contributed by atoms with Gasteiger partial charge in [-0.1, -0.05) is 25.1 Å². The van der Waals surface area contributed by atoms with Gasteiger partial charge in [0.1, 0.15) is 0 Å². The number of aromatic nitrogens is 2. The van der Waals surface area contributed by atoms with Gasteiger partial charge >= 0.3 is 0 Å². The zero-order valence-electron chi connectivity index (χ0n) is 13.7. The summed E-state index contributed by atoms with van der Waals surface area (Å²) in [6.45, 7) is 5.17. The molecule has 0 spiro atoms. The highest BCUT2D eigenvalue weighted by atomic mass is 35.5. The Hall–Kier alpha value is -2.05. The van der Waals surface area contributed by atoms with Crippen molar-refractivity contribution in [3.8, 4) is 11.4 Å². The Kier molecular flexibility index (Phi) is 6.63. The molecule has 1 amide bonds. The number of ether oxygens (including phenoxy) is 1. The van der Waals surface area contributed by atoms with Crippen LogP contribution in [0.2, 0.25) is 0 Å². The van der Waals surface area contributed by atoms with Crippen molar-refractivity contribution in [1.82, 2.24) is 20.4 Å². The SMILES string of the molecule is CCCOc1cn(-c2ccccc2)nc1C(=O)NCC1CNC1.Cl. The molecule has 1 aromatic carbocycles. The summed E-state index contributed by atoms with van der Waals surface area (Å²) in [5.74, 6) is 0.854. The van der Waals surface area contributed by atoms with E-state index in [-0.39, 0.29) is 18.3 Å². The molecule has 0 aliphatic carbocycles. The first-order valence-electron chi connectivity index (χ1n) is 8.04. The van der Waals surface area contributed by atoms with E-state index in [1.54, 1.807) is 10.9 Å². The number of halogens is 1. The lowest BCUT2D eigenvalue weighted by molar-refractivity contribution is 0.0932. The van der Waals surface area contributed by atoms with Gasteiger partial charge in [-0.3, -0.25) is 4.79 Å². The summed E-state index contributed by atoms with van der Waals surface area (Å²) in [5.41, 5.74) is 1.24. The maximum absolute atomic E-state index is 12.4. The Balaban J connectivity index is 0.00000208. The fourth-order valence-corrected chi connectivity index (χ4v) is 2.36. The van der Waals surface area contributed by atoms with Gasteiger partial charge in [0, 0.05) is 25.6 Å². The summed E-state index contributed by atoms with van der Waals surface area (Å²) >= 11 is 0. The molecule has 24 heavy (non-hydrogen) atoms. The molecule has 7 heteroatoms. The third-order valence-electron chi connectivity index (χ3n) is 3.80. The number of carbonyl (C=O) groups excluding carboxylic acids is 1. The predicted molar refractivity (Wildman–Crippen MR) is 95.3 cm³/mol. The maximum atomic E-state index is 12.4. The Morgan fingerprint density at radius 3 is 2.75 bits per heavy atom. The van der Waals surface area contributed by atoms with E-state index < -0.39 is 0 Å². The lowest BCUT2D eigenvalue weighted by Gasteiger charge is -2.26. The highest BCUT2D eigenvalue weighted by molar-refractivity contribution is 5.95. The summed E-state index contributed by atoms with van der Waals surface area (Å²) in [4.78, 5) is 12.4. The van der Waals surface area contributed by atoms with Crippen molar-refractivity contribution >= 4 is 18.3 Å². The summed E-state index contributed by atoms with van der Waals surface area (Å²) in [7, 11) is 0. The van der Waals surface area contributed by atoms with Gasteiger partial charge in [0.25, 0.3) is 5.91 Å². The van der Waals surface area contributed by atoms with E-state index in [2.05, 4.69) is 15.7 Å². The van der Waals surface area contributed by atoms with Crippen molar-refractivity contribution < 1.29 is 9.53 Å². The van der Waals surface area contributed by atoms with E-state index in [1.807, 2.05) is 37.3 Å². The molecule has 6 nitrogen and oxygen atoms in total. The van der Waals surface area contributed by atoms with E-state index in [4.69, 9.17) is 4.74 Å². The van der Waals surface area contributed by atoms with Crippen molar-refractivity contribution in [2.24, 2.45) is 5.92 Å². The fraction of sp³-hybridized carbons (Fsp3) is 0.412. The molecular formula is C17H23ClN4O2.